The largest absolute Gasteiger partial charge is 0.488 e. The first-order chi connectivity index (χ1) is 23.3. The van der Waals surface area contributed by atoms with E-state index in [2.05, 4.69) is 156 Å². The van der Waals surface area contributed by atoms with E-state index in [9.17, 15) is 0 Å². The molecule has 0 aliphatic carbocycles. The van der Waals surface area contributed by atoms with E-state index in [4.69, 9.17) is 14.2 Å². The summed E-state index contributed by atoms with van der Waals surface area (Å²) < 4.78 is 18.6. The van der Waals surface area contributed by atoms with E-state index in [0.717, 1.165) is 17.2 Å². The Morgan fingerprint density at radius 1 is 0.400 bits per heavy atom. The molecule has 0 atom stereocenters. The summed E-state index contributed by atoms with van der Waals surface area (Å²) in [4.78, 5) is 0. The topological polar surface area (TPSA) is 27.7 Å². The highest BCUT2D eigenvalue weighted by Gasteiger charge is 2.32. The van der Waals surface area contributed by atoms with Gasteiger partial charge >= 0.3 is 0 Å². The number of fused-ring (bicyclic) bond motifs is 5. The Hall–Kier alpha value is -4.24. The molecule has 5 aromatic carbocycles. The van der Waals surface area contributed by atoms with Crippen LogP contribution in [0.25, 0.3) is 33.0 Å². The molecule has 5 aromatic rings. The van der Waals surface area contributed by atoms with Gasteiger partial charge in [0.05, 0.1) is 0 Å². The zero-order valence-electron chi connectivity index (χ0n) is 32.3. The second kappa shape index (κ2) is 11.7. The molecule has 0 radical (unpaired) electrons. The average molecular weight is 667 g/mol. The van der Waals surface area contributed by atoms with Crippen molar-refractivity contribution in [3.63, 3.8) is 0 Å². The zero-order valence-corrected chi connectivity index (χ0v) is 32.3. The van der Waals surface area contributed by atoms with Crippen molar-refractivity contribution in [2.45, 2.75) is 125 Å². The van der Waals surface area contributed by atoms with Gasteiger partial charge in [-0.25, -0.2) is 0 Å². The van der Waals surface area contributed by atoms with Crippen LogP contribution in [0, 0.1) is 0 Å². The maximum Gasteiger partial charge on any atom is 0.135 e. The highest BCUT2D eigenvalue weighted by molar-refractivity contribution is 5.96. The third-order valence-corrected chi connectivity index (χ3v) is 10.6. The number of hydrogen-bond acceptors (Lipinski definition) is 3. The van der Waals surface area contributed by atoms with Gasteiger partial charge in [-0.3, -0.25) is 0 Å². The van der Waals surface area contributed by atoms with Gasteiger partial charge in [-0.2, -0.15) is 0 Å². The molecule has 0 N–H and O–H groups in total. The molecule has 0 saturated heterocycles. The molecule has 260 valence electrons. The summed E-state index contributed by atoms with van der Waals surface area (Å²) in [7, 11) is 0. The van der Waals surface area contributed by atoms with E-state index in [-0.39, 0.29) is 21.7 Å². The molecular formula is C47H54O3. The number of ether oxygens (including phenoxy) is 3. The van der Waals surface area contributed by atoms with Gasteiger partial charge in [-0.15, -0.1) is 0 Å². The number of benzene rings is 5. The van der Waals surface area contributed by atoms with Gasteiger partial charge in [0.1, 0.15) is 37.1 Å². The summed E-state index contributed by atoms with van der Waals surface area (Å²) in [6, 6.07) is 27.1. The van der Waals surface area contributed by atoms with E-state index >= 15 is 0 Å². The van der Waals surface area contributed by atoms with E-state index in [1.54, 1.807) is 0 Å². The Balaban J connectivity index is 0.000000157. The average Bonchev–Trinajstić information content (AvgIpc) is 3.04. The van der Waals surface area contributed by atoms with Gasteiger partial charge in [0, 0.05) is 33.2 Å². The van der Waals surface area contributed by atoms with Gasteiger partial charge in [-0.05, 0) is 72.6 Å². The second-order valence-electron chi connectivity index (χ2n) is 18.6. The first-order valence-electron chi connectivity index (χ1n) is 18.2. The number of hydrogen-bond donors (Lipinski definition) is 0. The Morgan fingerprint density at radius 3 is 1.36 bits per heavy atom. The van der Waals surface area contributed by atoms with Crippen LogP contribution in [0.3, 0.4) is 0 Å². The van der Waals surface area contributed by atoms with Gasteiger partial charge < -0.3 is 14.2 Å². The van der Waals surface area contributed by atoms with E-state index in [0.29, 0.717) is 19.8 Å². The van der Waals surface area contributed by atoms with Crippen molar-refractivity contribution in [1.82, 2.24) is 0 Å². The minimum absolute atomic E-state index is 0.103. The van der Waals surface area contributed by atoms with Gasteiger partial charge in [0.15, 0.2) is 0 Å². The highest BCUT2D eigenvalue weighted by atomic mass is 16.5. The molecule has 3 heterocycles. The van der Waals surface area contributed by atoms with E-state index in [1.165, 1.54) is 72.0 Å². The Kier molecular flexibility index (Phi) is 7.98. The predicted molar refractivity (Wildman–Crippen MR) is 209 cm³/mol. The van der Waals surface area contributed by atoms with Crippen molar-refractivity contribution in [2.75, 3.05) is 0 Å². The van der Waals surface area contributed by atoms with Gasteiger partial charge in [0.2, 0.25) is 0 Å². The number of rotatable bonds is 0. The van der Waals surface area contributed by atoms with Crippen LogP contribution in [0.15, 0.2) is 72.8 Å². The molecule has 3 aliphatic rings. The first-order valence-corrected chi connectivity index (χ1v) is 18.2. The van der Waals surface area contributed by atoms with Crippen LogP contribution in [-0.2, 0) is 41.5 Å². The standard InChI is InChI=1S/C25H28O.C22H26O2/c1-24(2,3)18-9-12-21-16(13-18)7-10-22-20-11-8-19(25(4,5)6)14-17(20)15-26-23(21)22;1-21(2,3)15-7-13-11-24-18-10-16(22(4,5)6)8-14-12-23-17(9-15)19(13)20(14)18/h7-14H,15H2,1-6H3;7-10H,11-12H2,1-6H3. The van der Waals surface area contributed by atoms with Crippen LogP contribution in [0.5, 0.6) is 17.2 Å². The van der Waals surface area contributed by atoms with Gasteiger partial charge in [-0.1, -0.05) is 144 Å². The van der Waals surface area contributed by atoms with Gasteiger partial charge in [0.25, 0.3) is 0 Å². The van der Waals surface area contributed by atoms with Crippen molar-refractivity contribution in [3.05, 3.63) is 112 Å². The minimum Gasteiger partial charge on any atom is -0.488 e. The summed E-state index contributed by atoms with van der Waals surface area (Å²) in [6.07, 6.45) is 0. The smallest absolute Gasteiger partial charge is 0.135 e. The lowest BCUT2D eigenvalue weighted by molar-refractivity contribution is 0.276. The third-order valence-electron chi connectivity index (χ3n) is 10.6. The quantitative estimate of drug-likeness (QED) is 0.165. The normalized spacial score (nSPS) is 14.6. The molecule has 0 aromatic heterocycles. The van der Waals surface area contributed by atoms with E-state index in [1.807, 2.05) is 0 Å². The molecule has 0 fully saturated rings. The molecule has 0 spiro atoms. The Labute approximate surface area is 300 Å². The highest BCUT2D eigenvalue weighted by Crippen LogP contribution is 2.51. The van der Waals surface area contributed by atoms with Crippen molar-refractivity contribution < 1.29 is 14.2 Å². The fourth-order valence-electron chi connectivity index (χ4n) is 7.27. The summed E-state index contributed by atoms with van der Waals surface area (Å²) in [5, 5.41) is 2.46. The monoisotopic (exact) mass is 666 g/mol. The SMILES string of the molecule is CC(C)(C)c1cc2c3c(c1)OCc1cc(C(C)(C)C)cc(c1-3)OC2.CC(C)(C)c1ccc2c(c1)COc1c-2ccc2cc(C(C)(C)C)ccc12. The minimum atomic E-state index is 0.103. The van der Waals surface area contributed by atoms with Crippen LogP contribution in [0.2, 0.25) is 0 Å². The lowest BCUT2D eigenvalue weighted by Crippen LogP contribution is -2.20. The second-order valence-corrected chi connectivity index (χ2v) is 18.6. The van der Waals surface area contributed by atoms with E-state index < -0.39 is 0 Å². The summed E-state index contributed by atoms with van der Waals surface area (Å²) >= 11 is 0. The molecular weight excluding hydrogens is 613 g/mol. The van der Waals surface area contributed by atoms with Crippen molar-refractivity contribution in [3.8, 4) is 39.5 Å². The third kappa shape index (κ3) is 6.18. The zero-order chi connectivity index (χ0) is 36.0. The van der Waals surface area contributed by atoms with Crippen LogP contribution in [-0.4, -0.2) is 0 Å². The molecule has 0 amide bonds. The Bertz CT molecular complexity index is 2020. The molecule has 3 aliphatic heterocycles. The Morgan fingerprint density at radius 2 is 0.840 bits per heavy atom. The summed E-state index contributed by atoms with van der Waals surface area (Å²) in [5.74, 6) is 3.05. The van der Waals surface area contributed by atoms with Crippen LogP contribution in [0.1, 0.15) is 122 Å². The lowest BCUT2D eigenvalue weighted by Gasteiger charge is -2.33. The van der Waals surface area contributed by atoms with Crippen LogP contribution in [0.4, 0.5) is 0 Å². The molecule has 50 heavy (non-hydrogen) atoms. The molecule has 0 bridgehead atoms. The first kappa shape index (κ1) is 34.2. The van der Waals surface area contributed by atoms with Crippen molar-refractivity contribution in [2.24, 2.45) is 0 Å². The molecule has 3 heteroatoms. The fourth-order valence-corrected chi connectivity index (χ4v) is 7.27. The maximum absolute atomic E-state index is 6.26. The summed E-state index contributed by atoms with van der Waals surface area (Å²) in [6.45, 7) is 28.9. The predicted octanol–water partition coefficient (Wildman–Crippen LogP) is 12.7. The van der Waals surface area contributed by atoms with Crippen LogP contribution >= 0.6 is 0 Å². The maximum atomic E-state index is 6.26. The van der Waals surface area contributed by atoms with Crippen LogP contribution < -0.4 is 14.2 Å². The molecule has 0 unspecified atom stereocenters. The molecule has 3 nitrogen and oxygen atoms in total. The van der Waals surface area contributed by atoms with Crippen molar-refractivity contribution in [1.29, 1.82) is 0 Å². The lowest BCUT2D eigenvalue weighted by atomic mass is 9.80. The van der Waals surface area contributed by atoms with Crippen molar-refractivity contribution >= 4 is 10.8 Å². The molecule has 0 saturated carbocycles. The fraction of sp³-hybridized carbons (Fsp3) is 0.404. The molecule has 8 rings (SSSR count). The summed E-state index contributed by atoms with van der Waals surface area (Å²) in [5.41, 5.74) is 14.6.